The fraction of sp³-hybridized carbons (Fsp3) is 0.364. The first kappa shape index (κ1) is 10.7. The van der Waals surface area contributed by atoms with Gasteiger partial charge in [0.25, 0.3) is 0 Å². The molecule has 0 aliphatic carbocycles. The van der Waals surface area contributed by atoms with Crippen LogP contribution in [-0.2, 0) is 6.42 Å². The van der Waals surface area contributed by atoms with Gasteiger partial charge < -0.3 is 10.6 Å². The average Bonchev–Trinajstić information content (AvgIpc) is 2.15. The lowest BCUT2D eigenvalue weighted by Gasteiger charge is -2.10. The second kappa shape index (κ2) is 4.77. The number of carbonyl (C=O) groups excluding carboxylic acids is 1. The molecule has 0 fully saturated rings. The van der Waals surface area contributed by atoms with Crippen molar-refractivity contribution in [2.24, 2.45) is 5.73 Å². The second-order valence-corrected chi connectivity index (χ2v) is 3.49. The van der Waals surface area contributed by atoms with Crippen LogP contribution in [0.4, 0.5) is 0 Å². The van der Waals surface area contributed by atoms with Gasteiger partial charge in [0.2, 0.25) is 5.91 Å². The van der Waals surface area contributed by atoms with E-state index in [1.165, 1.54) is 0 Å². The number of rotatable bonds is 4. The summed E-state index contributed by atoms with van der Waals surface area (Å²) < 4.78 is 0. The molecular formula is C11H15N2O. The maximum Gasteiger partial charge on any atom is 0.249 e. The minimum atomic E-state index is -0.403. The summed E-state index contributed by atoms with van der Waals surface area (Å²) in [4.78, 5) is 13.1. The number of primary amides is 1. The number of nitrogens with zero attached hydrogens (tertiary/aromatic N) is 1. The molecule has 75 valence electrons. The van der Waals surface area contributed by atoms with E-state index in [9.17, 15) is 4.79 Å². The van der Waals surface area contributed by atoms with Crippen LogP contribution in [0.3, 0.4) is 0 Å². The number of hydrogen-bond acceptors (Lipinski definition) is 2. The summed E-state index contributed by atoms with van der Waals surface area (Å²) in [5.74, 6) is -0.403. The Kier molecular flexibility index (Phi) is 3.65. The number of nitrogens with two attached hydrogens (primary N) is 1. The SMILES string of the molecule is CN(C)CCc1ccc[c]c1C(N)=O. The summed E-state index contributed by atoms with van der Waals surface area (Å²) in [6.07, 6.45) is 0.822. The van der Waals surface area contributed by atoms with E-state index in [4.69, 9.17) is 5.73 Å². The minimum absolute atomic E-state index is 0.403. The molecule has 0 spiro atoms. The Morgan fingerprint density at radius 1 is 1.57 bits per heavy atom. The molecule has 0 aliphatic rings. The van der Waals surface area contributed by atoms with Crippen molar-refractivity contribution in [3.63, 3.8) is 0 Å². The van der Waals surface area contributed by atoms with E-state index in [-0.39, 0.29) is 0 Å². The molecule has 1 radical (unpaired) electrons. The zero-order chi connectivity index (χ0) is 10.6. The largest absolute Gasteiger partial charge is 0.366 e. The van der Waals surface area contributed by atoms with Crippen molar-refractivity contribution in [2.45, 2.75) is 6.42 Å². The van der Waals surface area contributed by atoms with E-state index in [2.05, 4.69) is 11.0 Å². The molecule has 2 N–H and O–H groups in total. The fourth-order valence-electron chi connectivity index (χ4n) is 1.25. The lowest BCUT2D eigenvalue weighted by Crippen LogP contribution is -2.19. The monoisotopic (exact) mass is 191 g/mol. The van der Waals surface area contributed by atoms with Gasteiger partial charge in [0.05, 0.1) is 5.56 Å². The Hall–Kier alpha value is -1.35. The zero-order valence-corrected chi connectivity index (χ0v) is 8.58. The Morgan fingerprint density at radius 2 is 2.29 bits per heavy atom. The van der Waals surface area contributed by atoms with E-state index in [0.29, 0.717) is 5.56 Å². The van der Waals surface area contributed by atoms with Crippen molar-refractivity contribution < 1.29 is 4.79 Å². The predicted molar refractivity (Wildman–Crippen MR) is 56.1 cm³/mol. The highest BCUT2D eigenvalue weighted by Crippen LogP contribution is 2.08. The molecule has 1 amide bonds. The van der Waals surface area contributed by atoms with E-state index in [0.717, 1.165) is 18.5 Å². The van der Waals surface area contributed by atoms with Gasteiger partial charge in [0.1, 0.15) is 0 Å². The van der Waals surface area contributed by atoms with Gasteiger partial charge in [0.15, 0.2) is 0 Å². The highest BCUT2D eigenvalue weighted by atomic mass is 16.1. The second-order valence-electron chi connectivity index (χ2n) is 3.49. The van der Waals surface area contributed by atoms with Crippen molar-refractivity contribution in [3.8, 4) is 0 Å². The standard InChI is InChI=1S/C11H15N2O/c1-13(2)8-7-9-5-3-4-6-10(9)11(12)14/h3-5H,7-8H2,1-2H3,(H2,12,14). The fourth-order valence-corrected chi connectivity index (χ4v) is 1.25. The van der Waals surface area contributed by atoms with Crippen LogP contribution in [0.15, 0.2) is 18.2 Å². The molecule has 1 aromatic carbocycles. The minimum Gasteiger partial charge on any atom is -0.366 e. The van der Waals surface area contributed by atoms with Crippen LogP contribution in [0.5, 0.6) is 0 Å². The number of amides is 1. The average molecular weight is 191 g/mol. The Morgan fingerprint density at radius 3 is 2.86 bits per heavy atom. The summed E-state index contributed by atoms with van der Waals surface area (Å²) in [6.45, 7) is 0.901. The summed E-state index contributed by atoms with van der Waals surface area (Å²) in [5, 5.41) is 0. The van der Waals surface area contributed by atoms with Crippen LogP contribution in [0, 0.1) is 6.07 Å². The van der Waals surface area contributed by atoms with Gasteiger partial charge in [-0.25, -0.2) is 0 Å². The first-order valence-electron chi connectivity index (χ1n) is 4.55. The van der Waals surface area contributed by atoms with Crippen molar-refractivity contribution in [1.82, 2.24) is 4.90 Å². The molecule has 0 bridgehead atoms. The van der Waals surface area contributed by atoms with Gasteiger partial charge in [-0.15, -0.1) is 0 Å². The third kappa shape index (κ3) is 2.85. The van der Waals surface area contributed by atoms with Crippen molar-refractivity contribution in [3.05, 3.63) is 35.4 Å². The number of hydrogen-bond donors (Lipinski definition) is 1. The molecule has 1 aromatic rings. The van der Waals surface area contributed by atoms with Gasteiger partial charge in [-0.2, -0.15) is 0 Å². The van der Waals surface area contributed by atoms with Crippen molar-refractivity contribution in [1.29, 1.82) is 0 Å². The summed E-state index contributed by atoms with van der Waals surface area (Å²) in [7, 11) is 3.99. The maximum atomic E-state index is 11.0. The molecule has 0 heterocycles. The molecule has 0 aliphatic heterocycles. The number of carbonyl (C=O) groups is 1. The molecule has 0 unspecified atom stereocenters. The Balaban J connectivity index is 2.79. The van der Waals surface area contributed by atoms with Crippen LogP contribution < -0.4 is 5.73 Å². The molecule has 0 saturated heterocycles. The molecule has 3 nitrogen and oxygen atoms in total. The van der Waals surface area contributed by atoms with Gasteiger partial charge in [-0.05, 0) is 32.1 Å². The van der Waals surface area contributed by atoms with Crippen molar-refractivity contribution >= 4 is 5.91 Å². The Labute approximate surface area is 84.5 Å². The lowest BCUT2D eigenvalue weighted by molar-refractivity contribution is 0.0999. The predicted octanol–water partition coefficient (Wildman–Crippen LogP) is 0.690. The number of benzene rings is 1. The highest BCUT2D eigenvalue weighted by molar-refractivity contribution is 5.94. The summed E-state index contributed by atoms with van der Waals surface area (Å²) >= 11 is 0. The van der Waals surface area contributed by atoms with Crippen LogP contribution in [0.1, 0.15) is 15.9 Å². The van der Waals surface area contributed by atoms with E-state index >= 15 is 0 Å². The topological polar surface area (TPSA) is 46.3 Å². The normalized spacial score (nSPS) is 10.5. The summed E-state index contributed by atoms with van der Waals surface area (Å²) in [6, 6.07) is 8.36. The number of likely N-dealkylation sites (N-methyl/N-ethyl adjacent to an activating group) is 1. The highest BCUT2D eigenvalue weighted by Gasteiger charge is 2.06. The van der Waals surface area contributed by atoms with Crippen LogP contribution in [0.25, 0.3) is 0 Å². The molecule has 14 heavy (non-hydrogen) atoms. The van der Waals surface area contributed by atoms with E-state index in [1.807, 2.05) is 26.2 Å². The third-order valence-electron chi connectivity index (χ3n) is 2.02. The molecule has 3 heteroatoms. The smallest absolute Gasteiger partial charge is 0.249 e. The molecule has 1 rings (SSSR count). The molecule has 0 atom stereocenters. The van der Waals surface area contributed by atoms with E-state index in [1.54, 1.807) is 6.07 Å². The van der Waals surface area contributed by atoms with Crippen LogP contribution in [-0.4, -0.2) is 31.4 Å². The first-order chi connectivity index (χ1) is 6.61. The molecular weight excluding hydrogens is 176 g/mol. The van der Waals surface area contributed by atoms with E-state index < -0.39 is 5.91 Å². The zero-order valence-electron chi connectivity index (χ0n) is 8.58. The van der Waals surface area contributed by atoms with Gasteiger partial charge in [0, 0.05) is 6.54 Å². The summed E-state index contributed by atoms with van der Waals surface area (Å²) in [5.41, 5.74) is 6.71. The first-order valence-corrected chi connectivity index (χ1v) is 4.55. The van der Waals surface area contributed by atoms with Gasteiger partial charge >= 0.3 is 0 Å². The van der Waals surface area contributed by atoms with Gasteiger partial charge in [-0.3, -0.25) is 4.79 Å². The van der Waals surface area contributed by atoms with Crippen molar-refractivity contribution in [2.75, 3.05) is 20.6 Å². The molecule has 0 aromatic heterocycles. The van der Waals surface area contributed by atoms with Gasteiger partial charge in [-0.1, -0.05) is 18.2 Å². The van der Waals surface area contributed by atoms with Crippen LogP contribution in [0.2, 0.25) is 0 Å². The maximum absolute atomic E-state index is 11.0. The Bertz CT molecular complexity index is 321. The third-order valence-corrected chi connectivity index (χ3v) is 2.02. The quantitative estimate of drug-likeness (QED) is 0.761. The molecule has 0 saturated carbocycles. The van der Waals surface area contributed by atoms with Crippen LogP contribution >= 0.6 is 0 Å². The lowest BCUT2D eigenvalue weighted by atomic mass is 10.0.